The van der Waals surface area contributed by atoms with E-state index < -0.39 is 0 Å². The van der Waals surface area contributed by atoms with E-state index >= 15 is 0 Å². The van der Waals surface area contributed by atoms with Gasteiger partial charge in [0.05, 0.1) is 0 Å². The van der Waals surface area contributed by atoms with Gasteiger partial charge < -0.3 is 9.80 Å². The Hall–Kier alpha value is -1.32. The Morgan fingerprint density at radius 3 is 2.05 bits per heavy atom. The third kappa shape index (κ3) is 8.10. The molecule has 3 nitrogen and oxygen atoms in total. The monoisotopic (exact) mass is 521 g/mol. The minimum atomic E-state index is 0.777. The Morgan fingerprint density at radius 1 is 0.737 bits per heavy atom. The van der Waals surface area contributed by atoms with Crippen LogP contribution < -0.4 is 0 Å². The third-order valence-electron chi connectivity index (χ3n) is 10.4. The lowest BCUT2D eigenvalue weighted by Gasteiger charge is -2.39. The van der Waals surface area contributed by atoms with Crippen LogP contribution in [0.5, 0.6) is 0 Å². The quantitative estimate of drug-likeness (QED) is 0.300. The van der Waals surface area contributed by atoms with Crippen molar-refractivity contribution in [2.45, 2.75) is 104 Å². The van der Waals surface area contributed by atoms with Crippen LogP contribution in [0.3, 0.4) is 0 Å². The number of likely N-dealkylation sites (tertiary alicyclic amines) is 1. The molecule has 0 aromatic carbocycles. The van der Waals surface area contributed by atoms with Gasteiger partial charge in [-0.05, 0) is 135 Å². The van der Waals surface area contributed by atoms with Crippen molar-refractivity contribution in [3.63, 3.8) is 0 Å². The van der Waals surface area contributed by atoms with Gasteiger partial charge in [0.15, 0.2) is 0 Å². The lowest BCUT2D eigenvalue weighted by atomic mass is 9.67. The lowest BCUT2D eigenvalue weighted by molar-refractivity contribution is 0.164. The first-order chi connectivity index (χ1) is 18.1. The summed E-state index contributed by atoms with van der Waals surface area (Å²) in [5.74, 6) is 4.77. The van der Waals surface area contributed by atoms with Crippen molar-refractivity contribution < 1.29 is 0 Å². The zero-order valence-corrected chi connectivity index (χ0v) is 26.2. The Kier molecular flexibility index (Phi) is 10.4. The third-order valence-corrected chi connectivity index (χ3v) is 10.4. The summed E-state index contributed by atoms with van der Waals surface area (Å²) in [7, 11) is 6.58. The van der Waals surface area contributed by atoms with E-state index in [1.54, 1.807) is 16.7 Å². The number of piperidine rings is 1. The SMILES string of the molecule is CC1=CC2CC(C1)CN(C)C2.CC1=CC2CCC(C1)N2C.CC1=CC2CCCC(C1)C2C.CC1=CN(C)C1. The Balaban J connectivity index is 0.000000120. The van der Waals surface area contributed by atoms with E-state index in [4.69, 9.17) is 0 Å². The molecule has 0 aromatic rings. The summed E-state index contributed by atoms with van der Waals surface area (Å²) in [6.07, 6.45) is 22.3. The second-order valence-electron chi connectivity index (χ2n) is 14.3. The first-order valence-corrected chi connectivity index (χ1v) is 15.9. The molecule has 4 heterocycles. The molecule has 0 spiro atoms. The van der Waals surface area contributed by atoms with Gasteiger partial charge >= 0.3 is 0 Å². The number of hydrogen-bond donors (Lipinski definition) is 0. The molecule has 0 amide bonds. The van der Waals surface area contributed by atoms with E-state index in [1.165, 1.54) is 83.0 Å². The minimum Gasteiger partial charge on any atom is -0.376 e. The molecule has 214 valence electrons. The van der Waals surface area contributed by atoms with E-state index in [-0.39, 0.29) is 0 Å². The fourth-order valence-corrected chi connectivity index (χ4v) is 8.55. The van der Waals surface area contributed by atoms with Crippen LogP contribution in [0.4, 0.5) is 0 Å². The molecule has 7 unspecified atom stereocenters. The second-order valence-corrected chi connectivity index (χ2v) is 14.3. The van der Waals surface area contributed by atoms with E-state index in [0.29, 0.717) is 0 Å². The molecule has 0 radical (unpaired) electrons. The molecule has 7 aliphatic rings. The van der Waals surface area contributed by atoms with Gasteiger partial charge in [0.1, 0.15) is 0 Å². The van der Waals surface area contributed by atoms with Crippen molar-refractivity contribution in [1.29, 1.82) is 0 Å². The standard InChI is InChI=1S/C11H18.C10H17N.C9H15N.C5H9N/c1-8-6-10-4-3-5-11(7-8)9(10)2;1-8-3-9-5-10(4-8)7-11(2)6-9;1-7-5-8-3-4-9(6-7)10(8)2;1-5-3-6(2)4-5/h6,9-11H,3-5,7H2,1-2H3;3,9-10H,4-7H2,1-2H3;5,8-9H,3-4,6H2,1-2H3;3H,4H2,1-2H3. The topological polar surface area (TPSA) is 9.72 Å². The van der Waals surface area contributed by atoms with Gasteiger partial charge in [-0.3, -0.25) is 4.90 Å². The van der Waals surface area contributed by atoms with Crippen LogP contribution in [0.25, 0.3) is 0 Å². The highest BCUT2D eigenvalue weighted by Gasteiger charge is 2.33. The Labute approximate surface area is 236 Å². The van der Waals surface area contributed by atoms with Crippen molar-refractivity contribution in [3.8, 4) is 0 Å². The smallest absolute Gasteiger partial charge is 0.0394 e. The summed E-state index contributed by atoms with van der Waals surface area (Å²) < 4.78 is 0. The molecule has 3 fully saturated rings. The molecular formula is C35H59N3. The highest BCUT2D eigenvalue weighted by Crippen LogP contribution is 2.43. The highest BCUT2D eigenvalue weighted by molar-refractivity contribution is 5.15. The van der Waals surface area contributed by atoms with E-state index in [2.05, 4.69) is 94.9 Å². The molecule has 0 N–H and O–H groups in total. The van der Waals surface area contributed by atoms with Crippen LogP contribution in [0, 0.1) is 29.6 Å². The first kappa shape index (κ1) is 29.7. The average Bonchev–Trinajstić information content (AvgIpc) is 3.01. The lowest BCUT2D eigenvalue weighted by Crippen LogP contribution is -2.39. The zero-order valence-electron chi connectivity index (χ0n) is 26.2. The Morgan fingerprint density at radius 2 is 1.45 bits per heavy atom. The fourth-order valence-electron chi connectivity index (χ4n) is 8.55. The van der Waals surface area contributed by atoms with Crippen molar-refractivity contribution in [2.75, 3.05) is 40.8 Å². The van der Waals surface area contributed by atoms with Crippen LogP contribution in [0.2, 0.25) is 0 Å². The van der Waals surface area contributed by atoms with Crippen molar-refractivity contribution in [1.82, 2.24) is 14.7 Å². The van der Waals surface area contributed by atoms with Crippen molar-refractivity contribution in [2.24, 2.45) is 29.6 Å². The molecule has 38 heavy (non-hydrogen) atoms. The summed E-state index contributed by atoms with van der Waals surface area (Å²) >= 11 is 0. The Bertz CT molecular complexity index is 910. The number of rotatable bonds is 0. The van der Waals surface area contributed by atoms with Gasteiger partial charge in [-0.15, -0.1) is 0 Å². The van der Waals surface area contributed by atoms with Crippen LogP contribution in [0.15, 0.2) is 46.7 Å². The summed E-state index contributed by atoms with van der Waals surface area (Å²) in [5.41, 5.74) is 6.36. The van der Waals surface area contributed by atoms with Crippen LogP contribution in [0.1, 0.15) is 92.4 Å². The molecule has 0 aromatic heterocycles. The van der Waals surface area contributed by atoms with Gasteiger partial charge in [0, 0.05) is 38.8 Å². The largest absolute Gasteiger partial charge is 0.376 e. The maximum Gasteiger partial charge on any atom is 0.0394 e. The first-order valence-electron chi connectivity index (χ1n) is 15.9. The van der Waals surface area contributed by atoms with Crippen LogP contribution in [-0.2, 0) is 0 Å². The van der Waals surface area contributed by atoms with Crippen LogP contribution in [-0.4, -0.2) is 67.6 Å². The van der Waals surface area contributed by atoms with Crippen molar-refractivity contribution >= 4 is 0 Å². The predicted octanol–water partition coefficient (Wildman–Crippen LogP) is 7.93. The molecule has 3 heteroatoms. The molecule has 6 bridgehead atoms. The number of fused-ring (bicyclic) bond motifs is 6. The molecule has 7 rings (SSSR count). The molecule has 3 aliphatic carbocycles. The summed E-state index contributed by atoms with van der Waals surface area (Å²) in [6.45, 7) is 15.2. The summed E-state index contributed by atoms with van der Waals surface area (Å²) in [5, 5.41) is 0. The average molecular weight is 522 g/mol. The van der Waals surface area contributed by atoms with E-state index in [1.807, 2.05) is 0 Å². The maximum atomic E-state index is 2.53. The number of allylic oxidation sites excluding steroid dienone is 3. The zero-order chi connectivity index (χ0) is 27.4. The van der Waals surface area contributed by atoms with E-state index in [9.17, 15) is 0 Å². The number of nitrogens with zero attached hydrogens (tertiary/aromatic N) is 3. The van der Waals surface area contributed by atoms with Gasteiger partial charge in [0.2, 0.25) is 0 Å². The van der Waals surface area contributed by atoms with Crippen molar-refractivity contribution in [3.05, 3.63) is 46.7 Å². The van der Waals surface area contributed by atoms with Gasteiger partial charge in [-0.25, -0.2) is 0 Å². The number of likely N-dealkylation sites (N-methyl/N-ethyl adjacent to an activating group) is 2. The predicted molar refractivity (Wildman–Crippen MR) is 165 cm³/mol. The normalized spacial score (nSPS) is 37.4. The van der Waals surface area contributed by atoms with Gasteiger partial charge in [0.25, 0.3) is 0 Å². The van der Waals surface area contributed by atoms with Gasteiger partial charge in [-0.1, -0.05) is 48.3 Å². The van der Waals surface area contributed by atoms with Crippen LogP contribution >= 0.6 is 0 Å². The van der Waals surface area contributed by atoms with Gasteiger partial charge in [-0.2, -0.15) is 0 Å². The molecule has 1 saturated carbocycles. The molecule has 4 aliphatic heterocycles. The second kappa shape index (κ2) is 13.4. The maximum absolute atomic E-state index is 2.53. The fraction of sp³-hybridized carbons (Fsp3) is 0.771. The summed E-state index contributed by atoms with van der Waals surface area (Å²) in [6, 6.07) is 1.65. The molecular weight excluding hydrogens is 462 g/mol. The molecule has 7 atom stereocenters. The van der Waals surface area contributed by atoms with E-state index in [0.717, 1.165) is 41.7 Å². The highest BCUT2D eigenvalue weighted by atomic mass is 15.2. The minimum absolute atomic E-state index is 0.777. The molecule has 2 saturated heterocycles. The number of hydrogen-bond acceptors (Lipinski definition) is 3. The summed E-state index contributed by atoms with van der Waals surface area (Å²) in [4.78, 5) is 7.16.